The minimum atomic E-state index is -0.00256. The normalized spacial score (nSPS) is 26.6. The first kappa shape index (κ1) is 20.2. The fraction of sp³-hybridized carbons (Fsp3) is 0.684. The number of methoxy groups -OCH3 is 1. The fourth-order valence-corrected chi connectivity index (χ4v) is 3.43. The molecule has 2 saturated heterocycles. The first-order valence-electron chi connectivity index (χ1n) is 9.80. The van der Waals surface area contributed by atoms with Gasteiger partial charge in [0.1, 0.15) is 19.0 Å². The molecule has 2 unspecified atom stereocenters. The lowest BCUT2D eigenvalue weighted by Crippen LogP contribution is -2.61. The average molecular weight is 380 g/mol. The second-order valence-electron chi connectivity index (χ2n) is 6.89. The maximum Gasteiger partial charge on any atom is 0.163 e. The Morgan fingerprint density at radius 3 is 3.00 bits per heavy atom. The average Bonchev–Trinajstić information content (AvgIpc) is 2.72. The van der Waals surface area contributed by atoms with Gasteiger partial charge in [0.05, 0.1) is 19.9 Å². The molecular formula is C19H33N5O3. The highest BCUT2D eigenvalue weighted by molar-refractivity contribution is 5.55. The van der Waals surface area contributed by atoms with E-state index in [-0.39, 0.29) is 12.4 Å². The van der Waals surface area contributed by atoms with Crippen LogP contribution >= 0.6 is 0 Å². The van der Waals surface area contributed by atoms with Crippen LogP contribution in [0.3, 0.4) is 0 Å². The molecule has 2 heterocycles. The van der Waals surface area contributed by atoms with Crippen molar-refractivity contribution >= 4 is 5.69 Å². The number of rotatable bonds is 8. The summed E-state index contributed by atoms with van der Waals surface area (Å²) in [7, 11) is 3.62. The van der Waals surface area contributed by atoms with Crippen LogP contribution in [-0.2, 0) is 4.74 Å². The Hall–Kier alpha value is -1.58. The highest BCUT2D eigenvalue weighted by Crippen LogP contribution is 2.30. The van der Waals surface area contributed by atoms with Crippen molar-refractivity contribution in [3.8, 4) is 11.5 Å². The molecule has 3 rings (SSSR count). The molecule has 1 aromatic carbocycles. The van der Waals surface area contributed by atoms with Gasteiger partial charge < -0.3 is 24.8 Å². The van der Waals surface area contributed by atoms with E-state index in [1.165, 1.54) is 0 Å². The third-order valence-electron chi connectivity index (χ3n) is 5.07. The lowest BCUT2D eigenvalue weighted by Gasteiger charge is -2.33. The van der Waals surface area contributed by atoms with E-state index in [0.717, 1.165) is 56.4 Å². The van der Waals surface area contributed by atoms with Crippen molar-refractivity contribution in [3.63, 3.8) is 0 Å². The van der Waals surface area contributed by atoms with Crippen LogP contribution in [-0.4, -0.2) is 77.0 Å². The first-order chi connectivity index (χ1) is 13.2. The lowest BCUT2D eigenvalue weighted by atomic mass is 10.2. The molecular weight excluding hydrogens is 346 g/mol. The number of likely N-dealkylation sites (N-methyl/N-ethyl adjacent to an activating group) is 1. The van der Waals surface area contributed by atoms with E-state index >= 15 is 0 Å². The summed E-state index contributed by atoms with van der Waals surface area (Å²) in [5, 5.41) is 13.6. The van der Waals surface area contributed by atoms with E-state index in [4.69, 9.17) is 14.2 Å². The van der Waals surface area contributed by atoms with Crippen LogP contribution in [0.1, 0.15) is 13.3 Å². The highest BCUT2D eigenvalue weighted by atomic mass is 16.5. The van der Waals surface area contributed by atoms with Gasteiger partial charge in [0.15, 0.2) is 11.5 Å². The molecule has 27 heavy (non-hydrogen) atoms. The van der Waals surface area contributed by atoms with Crippen molar-refractivity contribution in [2.24, 2.45) is 0 Å². The topological polar surface area (TPSA) is 79.1 Å². The van der Waals surface area contributed by atoms with Crippen molar-refractivity contribution < 1.29 is 14.2 Å². The van der Waals surface area contributed by atoms with Gasteiger partial charge in [0.25, 0.3) is 0 Å². The third kappa shape index (κ3) is 5.70. The Balaban J connectivity index is 1.59. The van der Waals surface area contributed by atoms with Crippen molar-refractivity contribution in [2.75, 3.05) is 58.9 Å². The molecule has 2 fully saturated rings. The van der Waals surface area contributed by atoms with Gasteiger partial charge in [0, 0.05) is 31.4 Å². The van der Waals surface area contributed by atoms with Gasteiger partial charge in [-0.2, -0.15) is 0 Å². The molecule has 3 atom stereocenters. The van der Waals surface area contributed by atoms with Crippen LogP contribution in [0.4, 0.5) is 5.69 Å². The molecule has 0 spiro atoms. The summed E-state index contributed by atoms with van der Waals surface area (Å²) in [4.78, 5) is 2.38. The van der Waals surface area contributed by atoms with E-state index in [1.54, 1.807) is 7.11 Å². The van der Waals surface area contributed by atoms with Gasteiger partial charge in [-0.25, -0.2) is 0 Å². The Morgan fingerprint density at radius 1 is 1.33 bits per heavy atom. The van der Waals surface area contributed by atoms with Gasteiger partial charge in [-0.05, 0) is 32.1 Å². The summed E-state index contributed by atoms with van der Waals surface area (Å²) in [5.41, 5.74) is 0.965. The minimum Gasteiger partial charge on any atom is -0.493 e. The number of nitrogens with zero attached hydrogens (tertiary/aromatic N) is 1. The van der Waals surface area contributed by atoms with Gasteiger partial charge in [-0.3, -0.25) is 15.5 Å². The van der Waals surface area contributed by atoms with Gasteiger partial charge >= 0.3 is 0 Å². The zero-order valence-corrected chi connectivity index (χ0v) is 16.6. The monoisotopic (exact) mass is 379 g/mol. The number of morpholine rings is 1. The molecule has 2 aliphatic rings. The van der Waals surface area contributed by atoms with Crippen molar-refractivity contribution in [1.82, 2.24) is 20.9 Å². The predicted octanol–water partition coefficient (Wildman–Crippen LogP) is 0.619. The van der Waals surface area contributed by atoms with E-state index < -0.39 is 0 Å². The maximum absolute atomic E-state index is 6.06. The fourth-order valence-electron chi connectivity index (χ4n) is 3.43. The van der Waals surface area contributed by atoms with Gasteiger partial charge in [0.2, 0.25) is 0 Å². The van der Waals surface area contributed by atoms with Crippen molar-refractivity contribution in [3.05, 3.63) is 18.2 Å². The summed E-state index contributed by atoms with van der Waals surface area (Å²) in [6.45, 7) is 7.32. The number of hydrogen-bond acceptors (Lipinski definition) is 8. The number of hydrogen-bond donors (Lipinski definition) is 4. The molecule has 0 saturated carbocycles. The standard InChI is InChI=1S/C19H33N5O3/c1-4-24-9-10-26-15(12-24)13-27-17-11-14(5-6-16(17)25-3)22-19-21-8-7-18(20-2)23-19/h5-6,11,15,18-23H,4,7-10,12-13H2,1-3H3/t15-,18?,19?/m0/s1. The molecule has 0 aliphatic carbocycles. The first-order valence-corrected chi connectivity index (χ1v) is 9.80. The van der Waals surface area contributed by atoms with Crippen LogP contribution in [0.5, 0.6) is 11.5 Å². The molecule has 0 bridgehead atoms. The Morgan fingerprint density at radius 2 is 2.22 bits per heavy atom. The SMILES string of the molecule is CCN1CCO[C@H](COc2cc(NC3NCCC(NC)N3)ccc2OC)C1. The predicted molar refractivity (Wildman–Crippen MR) is 106 cm³/mol. The van der Waals surface area contributed by atoms with Gasteiger partial charge in [-0.15, -0.1) is 0 Å². The molecule has 0 radical (unpaired) electrons. The van der Waals surface area contributed by atoms with Gasteiger partial charge in [-0.1, -0.05) is 6.92 Å². The molecule has 2 aliphatic heterocycles. The summed E-state index contributed by atoms with van der Waals surface area (Å²) < 4.78 is 17.4. The summed E-state index contributed by atoms with van der Waals surface area (Å²) in [6.07, 6.45) is 1.42. The number of benzene rings is 1. The molecule has 152 valence electrons. The molecule has 0 aromatic heterocycles. The Kier molecular flexibility index (Phi) is 7.54. The van der Waals surface area contributed by atoms with E-state index in [0.29, 0.717) is 12.8 Å². The zero-order chi connectivity index (χ0) is 19.1. The minimum absolute atomic E-state index is 0.00256. The van der Waals surface area contributed by atoms with Crippen LogP contribution in [0, 0.1) is 0 Å². The van der Waals surface area contributed by atoms with E-state index in [9.17, 15) is 0 Å². The third-order valence-corrected chi connectivity index (χ3v) is 5.07. The Bertz CT molecular complexity index is 588. The molecule has 8 nitrogen and oxygen atoms in total. The van der Waals surface area contributed by atoms with E-state index in [1.807, 2.05) is 25.2 Å². The molecule has 8 heteroatoms. The lowest BCUT2D eigenvalue weighted by molar-refractivity contribution is -0.0466. The van der Waals surface area contributed by atoms with Crippen LogP contribution in [0.2, 0.25) is 0 Å². The second-order valence-corrected chi connectivity index (χ2v) is 6.89. The maximum atomic E-state index is 6.06. The van der Waals surface area contributed by atoms with E-state index in [2.05, 4.69) is 33.1 Å². The highest BCUT2D eigenvalue weighted by Gasteiger charge is 2.21. The smallest absolute Gasteiger partial charge is 0.163 e. The molecule has 0 amide bonds. The number of anilines is 1. The van der Waals surface area contributed by atoms with Crippen molar-refractivity contribution in [2.45, 2.75) is 31.9 Å². The Labute approximate surface area is 161 Å². The second kappa shape index (κ2) is 10.1. The summed E-state index contributed by atoms with van der Waals surface area (Å²) in [5.74, 6) is 1.45. The molecule has 1 aromatic rings. The molecule has 4 N–H and O–H groups in total. The van der Waals surface area contributed by atoms with Crippen LogP contribution < -0.4 is 30.7 Å². The van der Waals surface area contributed by atoms with Crippen molar-refractivity contribution in [1.29, 1.82) is 0 Å². The van der Waals surface area contributed by atoms with Crippen LogP contribution in [0.15, 0.2) is 18.2 Å². The number of ether oxygens (including phenoxy) is 3. The summed E-state index contributed by atoms with van der Waals surface area (Å²) in [6, 6.07) is 5.90. The number of nitrogens with one attached hydrogen (secondary N) is 4. The van der Waals surface area contributed by atoms with Crippen LogP contribution in [0.25, 0.3) is 0 Å². The zero-order valence-electron chi connectivity index (χ0n) is 16.6. The quantitative estimate of drug-likeness (QED) is 0.524. The summed E-state index contributed by atoms with van der Waals surface area (Å²) >= 11 is 0. The largest absolute Gasteiger partial charge is 0.493 e.